The Labute approximate surface area is 191 Å². The van der Waals surface area contributed by atoms with Crippen LogP contribution in [0.4, 0.5) is 11.6 Å². The lowest BCUT2D eigenvalue weighted by Gasteiger charge is -2.11. The standard InChI is InChI=1S/C24H20N4O4S/c1-17-13-14-25-24(26-17)28-33(30,31)21-11-9-19(10-12-21)27-23(29)22(16-20-8-5-15-32-20)18-6-3-2-4-7-18/h2-16H,1H3,(H,27,29)(H,25,26,28)/b22-16+. The van der Waals surface area contributed by atoms with E-state index in [9.17, 15) is 13.2 Å². The normalized spacial score (nSPS) is 11.7. The lowest BCUT2D eigenvalue weighted by molar-refractivity contribution is -0.111. The summed E-state index contributed by atoms with van der Waals surface area (Å²) in [4.78, 5) is 21.0. The molecule has 0 saturated carbocycles. The van der Waals surface area contributed by atoms with Crippen LogP contribution in [0.25, 0.3) is 11.6 Å². The van der Waals surface area contributed by atoms with Gasteiger partial charge in [0.25, 0.3) is 15.9 Å². The Kier molecular flexibility index (Phi) is 6.32. The van der Waals surface area contributed by atoms with Crippen LogP contribution in [0.5, 0.6) is 0 Å². The largest absolute Gasteiger partial charge is 0.465 e. The van der Waals surface area contributed by atoms with Crippen molar-refractivity contribution in [3.8, 4) is 0 Å². The van der Waals surface area contributed by atoms with Crippen LogP contribution in [-0.4, -0.2) is 24.3 Å². The highest BCUT2D eigenvalue weighted by Crippen LogP contribution is 2.22. The maximum absolute atomic E-state index is 13.0. The molecular weight excluding hydrogens is 440 g/mol. The van der Waals surface area contributed by atoms with Gasteiger partial charge in [-0.3, -0.25) is 4.79 Å². The van der Waals surface area contributed by atoms with Crippen LogP contribution in [0.1, 0.15) is 17.0 Å². The van der Waals surface area contributed by atoms with E-state index in [-0.39, 0.29) is 16.8 Å². The molecule has 0 bridgehead atoms. The van der Waals surface area contributed by atoms with Crippen molar-refractivity contribution in [2.45, 2.75) is 11.8 Å². The predicted octanol–water partition coefficient (Wildman–Crippen LogP) is 4.36. The molecule has 33 heavy (non-hydrogen) atoms. The summed E-state index contributed by atoms with van der Waals surface area (Å²) >= 11 is 0. The van der Waals surface area contributed by atoms with Crippen LogP contribution in [0.15, 0.2) is 94.6 Å². The molecule has 4 aromatic rings. The van der Waals surface area contributed by atoms with Crippen molar-refractivity contribution in [2.24, 2.45) is 0 Å². The number of benzene rings is 2. The SMILES string of the molecule is Cc1ccnc(NS(=O)(=O)c2ccc(NC(=O)/C(=C/c3ccco3)c3ccccc3)cc2)n1. The van der Waals surface area contributed by atoms with Crippen molar-refractivity contribution in [3.05, 3.63) is 102 Å². The van der Waals surface area contributed by atoms with Crippen LogP contribution >= 0.6 is 0 Å². The van der Waals surface area contributed by atoms with E-state index in [0.29, 0.717) is 28.3 Å². The molecule has 4 rings (SSSR count). The quantitative estimate of drug-likeness (QED) is 0.396. The molecule has 0 radical (unpaired) electrons. The van der Waals surface area contributed by atoms with Crippen molar-refractivity contribution in [1.82, 2.24) is 9.97 Å². The number of carbonyl (C=O) groups excluding carboxylic acids is 1. The molecule has 0 aliphatic carbocycles. The molecule has 0 saturated heterocycles. The van der Waals surface area contributed by atoms with E-state index in [0.717, 1.165) is 0 Å². The first-order chi connectivity index (χ1) is 15.9. The summed E-state index contributed by atoms with van der Waals surface area (Å²) in [5, 5.41) is 2.80. The zero-order valence-electron chi connectivity index (χ0n) is 17.6. The number of carbonyl (C=O) groups is 1. The highest BCUT2D eigenvalue weighted by Gasteiger charge is 2.17. The Bertz CT molecular complexity index is 1380. The van der Waals surface area contributed by atoms with Crippen molar-refractivity contribution in [3.63, 3.8) is 0 Å². The average molecular weight is 461 g/mol. The van der Waals surface area contributed by atoms with Gasteiger partial charge in [0.1, 0.15) is 5.76 Å². The highest BCUT2D eigenvalue weighted by atomic mass is 32.2. The summed E-state index contributed by atoms with van der Waals surface area (Å²) in [5.41, 5.74) is 2.19. The predicted molar refractivity (Wildman–Crippen MR) is 126 cm³/mol. The summed E-state index contributed by atoms with van der Waals surface area (Å²) in [5.74, 6) is 0.164. The van der Waals surface area contributed by atoms with E-state index in [2.05, 4.69) is 20.0 Å². The van der Waals surface area contributed by atoms with Gasteiger partial charge in [-0.25, -0.2) is 23.1 Å². The fraction of sp³-hybridized carbons (Fsp3) is 0.0417. The van der Waals surface area contributed by atoms with Crippen LogP contribution in [0.3, 0.4) is 0 Å². The molecule has 2 aromatic heterocycles. The second-order valence-corrected chi connectivity index (χ2v) is 8.73. The van der Waals surface area contributed by atoms with E-state index >= 15 is 0 Å². The van der Waals surface area contributed by atoms with Crippen LogP contribution in [0, 0.1) is 6.92 Å². The number of aromatic nitrogens is 2. The number of amides is 1. The molecule has 2 heterocycles. The van der Waals surface area contributed by atoms with Gasteiger partial charge in [-0.15, -0.1) is 0 Å². The monoisotopic (exact) mass is 460 g/mol. The number of nitrogens with one attached hydrogen (secondary N) is 2. The van der Waals surface area contributed by atoms with Gasteiger partial charge < -0.3 is 9.73 Å². The number of nitrogens with zero attached hydrogens (tertiary/aromatic N) is 2. The van der Waals surface area contributed by atoms with Gasteiger partial charge in [0.2, 0.25) is 5.95 Å². The molecule has 166 valence electrons. The molecule has 1 amide bonds. The molecule has 0 spiro atoms. The average Bonchev–Trinajstić information content (AvgIpc) is 3.31. The number of hydrogen-bond acceptors (Lipinski definition) is 6. The number of anilines is 2. The zero-order chi connectivity index (χ0) is 23.3. The van der Waals surface area contributed by atoms with E-state index < -0.39 is 10.0 Å². The van der Waals surface area contributed by atoms with Gasteiger partial charge in [0.15, 0.2) is 0 Å². The minimum absolute atomic E-state index is 0.0112. The van der Waals surface area contributed by atoms with Crippen LogP contribution < -0.4 is 10.0 Å². The van der Waals surface area contributed by atoms with Gasteiger partial charge >= 0.3 is 0 Å². The van der Waals surface area contributed by atoms with E-state index in [1.54, 1.807) is 31.2 Å². The molecule has 2 N–H and O–H groups in total. The molecule has 9 heteroatoms. The topological polar surface area (TPSA) is 114 Å². The lowest BCUT2D eigenvalue weighted by Crippen LogP contribution is -2.16. The molecule has 0 aliphatic heterocycles. The van der Waals surface area contributed by atoms with Crippen molar-refractivity contribution in [1.29, 1.82) is 0 Å². The zero-order valence-corrected chi connectivity index (χ0v) is 18.4. The van der Waals surface area contributed by atoms with Gasteiger partial charge in [-0.05, 0) is 61.0 Å². The molecule has 0 unspecified atom stereocenters. The minimum atomic E-state index is -3.88. The summed E-state index contributed by atoms with van der Waals surface area (Å²) in [7, 11) is -3.88. The molecule has 2 aromatic carbocycles. The van der Waals surface area contributed by atoms with E-state index in [1.807, 2.05) is 30.3 Å². The first-order valence-electron chi connectivity index (χ1n) is 9.95. The lowest BCUT2D eigenvalue weighted by atomic mass is 10.0. The third-order valence-electron chi connectivity index (χ3n) is 4.60. The maximum atomic E-state index is 13.0. The van der Waals surface area contributed by atoms with Crippen molar-refractivity contribution >= 4 is 39.2 Å². The number of sulfonamides is 1. The van der Waals surface area contributed by atoms with Gasteiger partial charge in [0, 0.05) is 17.6 Å². The third kappa shape index (κ3) is 5.52. The summed E-state index contributed by atoms with van der Waals surface area (Å²) in [6.07, 6.45) is 4.65. The van der Waals surface area contributed by atoms with Crippen LogP contribution in [-0.2, 0) is 14.8 Å². The number of hydrogen-bond donors (Lipinski definition) is 2. The Morgan fingerprint density at radius 3 is 2.39 bits per heavy atom. The van der Waals surface area contributed by atoms with Gasteiger partial charge in [-0.2, -0.15) is 0 Å². The smallest absolute Gasteiger partial charge is 0.264 e. The molecule has 0 atom stereocenters. The summed E-state index contributed by atoms with van der Waals surface area (Å²) in [6.45, 7) is 1.74. The Morgan fingerprint density at radius 1 is 0.970 bits per heavy atom. The van der Waals surface area contributed by atoms with Gasteiger partial charge in [0.05, 0.1) is 16.7 Å². The fourth-order valence-corrected chi connectivity index (χ4v) is 3.96. The second-order valence-electron chi connectivity index (χ2n) is 7.05. The molecule has 0 aliphatic rings. The first kappa shape index (κ1) is 22.0. The number of furan rings is 1. The molecule has 0 fully saturated rings. The first-order valence-corrected chi connectivity index (χ1v) is 11.4. The fourth-order valence-electron chi connectivity index (χ4n) is 3.01. The Morgan fingerprint density at radius 2 is 1.73 bits per heavy atom. The Hall–Kier alpha value is -4.24. The maximum Gasteiger partial charge on any atom is 0.264 e. The number of aryl methyl sites for hydroxylation is 1. The van der Waals surface area contributed by atoms with E-state index in [1.165, 1.54) is 36.7 Å². The van der Waals surface area contributed by atoms with Gasteiger partial charge in [-0.1, -0.05) is 30.3 Å². The van der Waals surface area contributed by atoms with Crippen LogP contribution in [0.2, 0.25) is 0 Å². The molecule has 8 nitrogen and oxygen atoms in total. The molecular formula is C24H20N4O4S. The van der Waals surface area contributed by atoms with Crippen molar-refractivity contribution in [2.75, 3.05) is 10.0 Å². The minimum Gasteiger partial charge on any atom is -0.465 e. The summed E-state index contributed by atoms with van der Waals surface area (Å²) < 4.78 is 32.9. The third-order valence-corrected chi connectivity index (χ3v) is 5.95. The summed E-state index contributed by atoms with van der Waals surface area (Å²) in [6, 6.07) is 20.2. The van der Waals surface area contributed by atoms with Crippen molar-refractivity contribution < 1.29 is 17.6 Å². The number of rotatable bonds is 7. The highest BCUT2D eigenvalue weighted by molar-refractivity contribution is 7.92. The Balaban J connectivity index is 1.53. The second kappa shape index (κ2) is 9.49. The van der Waals surface area contributed by atoms with E-state index in [4.69, 9.17) is 4.42 Å².